The van der Waals surface area contributed by atoms with E-state index >= 15 is 0 Å². The van der Waals surface area contributed by atoms with Gasteiger partial charge in [-0.25, -0.2) is 9.78 Å². The Morgan fingerprint density at radius 3 is 2.45 bits per heavy atom. The summed E-state index contributed by atoms with van der Waals surface area (Å²) in [6.07, 6.45) is -2.00. The van der Waals surface area contributed by atoms with E-state index in [2.05, 4.69) is 30.8 Å². The van der Waals surface area contributed by atoms with Crippen LogP contribution in [0.15, 0.2) is 36.4 Å². The van der Waals surface area contributed by atoms with Crippen molar-refractivity contribution >= 4 is 46.1 Å². The number of rotatable bonds is 7. The number of anilines is 2. The standard InChI is InChI=1S/C28H32ClF3N4O4/c1-15-10-18(14-27(3,4)13-15)36-23-12-21(29)20(24(37)35(5)16(2)25(38)39)11-22(23)34-26(36)33-17-6-8-19(9-7-17)40-28(30,31)32/h6-9,11-12,15-16,18H,10,13-14H2,1-5H3,(H,33,34)(H,38,39)/t15-,16-,18?/m0/s1. The summed E-state index contributed by atoms with van der Waals surface area (Å²) in [6, 6.07) is 7.52. The van der Waals surface area contributed by atoms with Gasteiger partial charge in [-0.15, -0.1) is 13.2 Å². The summed E-state index contributed by atoms with van der Waals surface area (Å²) in [5.74, 6) is -1.17. The Hall–Kier alpha value is -3.47. The first-order valence-corrected chi connectivity index (χ1v) is 13.3. The van der Waals surface area contributed by atoms with E-state index in [0.717, 1.165) is 24.2 Å². The molecule has 8 nitrogen and oxygen atoms in total. The molecule has 0 bridgehead atoms. The number of carbonyl (C=O) groups excluding carboxylic acids is 1. The van der Waals surface area contributed by atoms with Crippen LogP contribution in [0.4, 0.5) is 24.8 Å². The lowest BCUT2D eigenvalue weighted by Gasteiger charge is -2.40. The van der Waals surface area contributed by atoms with Crippen LogP contribution in [-0.2, 0) is 4.79 Å². The van der Waals surface area contributed by atoms with Gasteiger partial charge in [0.1, 0.15) is 11.8 Å². The van der Waals surface area contributed by atoms with E-state index < -0.39 is 24.3 Å². The number of hydrogen-bond acceptors (Lipinski definition) is 5. The number of aromatic nitrogens is 2. The fourth-order valence-electron chi connectivity index (χ4n) is 5.63. The number of ether oxygens (including phenoxy) is 1. The minimum absolute atomic E-state index is 0.0337. The summed E-state index contributed by atoms with van der Waals surface area (Å²) in [5, 5.41) is 12.7. The first kappa shape index (κ1) is 29.5. The Kier molecular flexibility index (Phi) is 7.99. The maximum atomic E-state index is 13.1. The van der Waals surface area contributed by atoms with Crippen LogP contribution in [0.2, 0.25) is 5.02 Å². The molecule has 1 heterocycles. The molecule has 1 aromatic heterocycles. The zero-order valence-corrected chi connectivity index (χ0v) is 23.6. The normalized spacial score (nSPS) is 19.7. The van der Waals surface area contributed by atoms with Crippen LogP contribution in [0.3, 0.4) is 0 Å². The third-order valence-electron chi connectivity index (χ3n) is 7.34. The fraction of sp³-hybridized carbons (Fsp3) is 0.464. The van der Waals surface area contributed by atoms with Crippen LogP contribution in [0.5, 0.6) is 5.75 Å². The molecule has 4 rings (SSSR count). The average molecular weight is 581 g/mol. The number of nitrogens with zero attached hydrogens (tertiary/aromatic N) is 3. The smallest absolute Gasteiger partial charge is 0.480 e. The van der Waals surface area contributed by atoms with Crippen LogP contribution < -0.4 is 10.1 Å². The highest BCUT2D eigenvalue weighted by molar-refractivity contribution is 6.34. The highest BCUT2D eigenvalue weighted by Crippen LogP contribution is 2.46. The fourth-order valence-corrected chi connectivity index (χ4v) is 5.87. The summed E-state index contributed by atoms with van der Waals surface area (Å²) < 4.78 is 43.8. The van der Waals surface area contributed by atoms with E-state index in [1.807, 2.05) is 4.57 Å². The van der Waals surface area contributed by atoms with E-state index in [0.29, 0.717) is 28.6 Å². The molecule has 0 radical (unpaired) electrons. The van der Waals surface area contributed by atoms with Crippen molar-refractivity contribution in [3.8, 4) is 5.75 Å². The van der Waals surface area contributed by atoms with Crippen molar-refractivity contribution in [2.75, 3.05) is 12.4 Å². The lowest BCUT2D eigenvalue weighted by atomic mass is 9.70. The Balaban J connectivity index is 1.78. The summed E-state index contributed by atoms with van der Waals surface area (Å²) in [7, 11) is 1.39. The zero-order chi connectivity index (χ0) is 29.6. The molecular weight excluding hydrogens is 549 g/mol. The van der Waals surface area contributed by atoms with Crippen molar-refractivity contribution in [1.29, 1.82) is 0 Å². The topological polar surface area (TPSA) is 96.7 Å². The van der Waals surface area contributed by atoms with Gasteiger partial charge in [-0.3, -0.25) is 4.79 Å². The van der Waals surface area contributed by atoms with Crippen molar-refractivity contribution < 1.29 is 32.6 Å². The molecule has 0 aliphatic heterocycles. The molecule has 12 heteroatoms. The number of hydrogen-bond donors (Lipinski definition) is 2. The molecule has 2 aromatic carbocycles. The van der Waals surface area contributed by atoms with Crippen LogP contribution in [0.25, 0.3) is 11.0 Å². The van der Waals surface area contributed by atoms with Gasteiger partial charge in [0.05, 0.1) is 21.6 Å². The predicted molar refractivity (Wildman–Crippen MR) is 146 cm³/mol. The number of benzene rings is 2. The largest absolute Gasteiger partial charge is 0.573 e. The second-order valence-electron chi connectivity index (χ2n) is 11.3. The van der Waals surface area contributed by atoms with E-state index in [1.165, 1.54) is 38.2 Å². The highest BCUT2D eigenvalue weighted by atomic mass is 35.5. The van der Waals surface area contributed by atoms with Gasteiger partial charge in [-0.2, -0.15) is 0 Å². The minimum atomic E-state index is -4.79. The summed E-state index contributed by atoms with van der Waals surface area (Å²) in [5.41, 5.74) is 1.82. The van der Waals surface area contributed by atoms with E-state index in [4.69, 9.17) is 16.6 Å². The first-order valence-electron chi connectivity index (χ1n) is 12.9. The van der Waals surface area contributed by atoms with Gasteiger partial charge in [-0.1, -0.05) is 32.4 Å². The zero-order valence-electron chi connectivity index (χ0n) is 22.8. The van der Waals surface area contributed by atoms with Gasteiger partial charge in [0.25, 0.3) is 5.91 Å². The molecule has 0 saturated heterocycles. The van der Waals surface area contributed by atoms with Crippen molar-refractivity contribution in [3.05, 3.63) is 47.0 Å². The number of likely N-dealkylation sites (N-methyl/N-ethyl adjacent to an activating group) is 1. The molecule has 2 N–H and O–H groups in total. The average Bonchev–Trinajstić information content (AvgIpc) is 3.17. The molecule has 1 saturated carbocycles. The van der Waals surface area contributed by atoms with Gasteiger partial charge in [0.15, 0.2) is 0 Å². The van der Waals surface area contributed by atoms with Crippen molar-refractivity contribution in [1.82, 2.24) is 14.5 Å². The Morgan fingerprint density at radius 2 is 1.88 bits per heavy atom. The minimum Gasteiger partial charge on any atom is -0.480 e. The molecule has 1 fully saturated rings. The van der Waals surface area contributed by atoms with Crippen LogP contribution in [-0.4, -0.2) is 50.9 Å². The van der Waals surface area contributed by atoms with Gasteiger partial charge < -0.3 is 24.6 Å². The molecule has 1 aliphatic carbocycles. The number of halogens is 4. The van der Waals surface area contributed by atoms with Gasteiger partial charge in [0.2, 0.25) is 5.95 Å². The van der Waals surface area contributed by atoms with E-state index in [1.54, 1.807) is 12.1 Å². The van der Waals surface area contributed by atoms with Crippen LogP contribution >= 0.6 is 11.6 Å². The predicted octanol–water partition coefficient (Wildman–Crippen LogP) is 7.26. The maximum Gasteiger partial charge on any atom is 0.573 e. The third kappa shape index (κ3) is 6.46. The van der Waals surface area contributed by atoms with Gasteiger partial charge in [-0.05, 0) is 73.9 Å². The maximum absolute atomic E-state index is 13.1. The molecule has 216 valence electrons. The summed E-state index contributed by atoms with van der Waals surface area (Å²) in [6.45, 7) is 8.03. The monoisotopic (exact) mass is 580 g/mol. The molecule has 3 atom stereocenters. The highest BCUT2D eigenvalue weighted by Gasteiger charge is 2.35. The third-order valence-corrected chi connectivity index (χ3v) is 7.65. The molecule has 0 spiro atoms. The van der Waals surface area contributed by atoms with Crippen LogP contribution in [0.1, 0.15) is 63.4 Å². The van der Waals surface area contributed by atoms with E-state index in [9.17, 15) is 27.9 Å². The van der Waals surface area contributed by atoms with Crippen molar-refractivity contribution in [2.24, 2.45) is 11.3 Å². The number of carboxylic acids is 1. The number of imidazole rings is 1. The molecule has 40 heavy (non-hydrogen) atoms. The molecule has 1 unspecified atom stereocenters. The Labute approximate surface area is 235 Å². The Bertz CT molecular complexity index is 1420. The number of aliphatic carboxylic acids is 1. The number of carbonyl (C=O) groups is 2. The number of carboxylic acid groups (broad SMARTS) is 1. The SMILES string of the molecule is C[C@H]1CC(n2c(Nc3ccc(OC(F)(F)F)cc3)nc3cc(C(=O)N(C)[C@@H](C)C(=O)O)c(Cl)cc32)CC(C)(C)C1. The molecule has 1 amide bonds. The quantitative estimate of drug-likeness (QED) is 0.305. The molecule has 1 aliphatic rings. The Morgan fingerprint density at radius 1 is 1.23 bits per heavy atom. The number of fused-ring (bicyclic) bond motifs is 1. The van der Waals surface area contributed by atoms with Crippen LogP contribution in [0, 0.1) is 11.3 Å². The van der Waals surface area contributed by atoms with Crippen molar-refractivity contribution in [2.45, 2.75) is 65.4 Å². The van der Waals surface area contributed by atoms with E-state index in [-0.39, 0.29) is 27.8 Å². The van der Waals surface area contributed by atoms with Gasteiger partial charge in [0, 0.05) is 18.8 Å². The second-order valence-corrected chi connectivity index (χ2v) is 11.7. The van der Waals surface area contributed by atoms with Gasteiger partial charge >= 0.3 is 12.3 Å². The lowest BCUT2D eigenvalue weighted by Crippen LogP contribution is -2.40. The number of alkyl halides is 3. The first-order chi connectivity index (χ1) is 18.5. The number of nitrogens with one attached hydrogen (secondary N) is 1. The lowest BCUT2D eigenvalue weighted by molar-refractivity contribution is -0.274. The van der Waals surface area contributed by atoms with Crippen molar-refractivity contribution in [3.63, 3.8) is 0 Å². The number of amides is 1. The molecular formula is C28H32ClF3N4O4. The summed E-state index contributed by atoms with van der Waals surface area (Å²) in [4.78, 5) is 30.4. The molecule has 3 aromatic rings. The second kappa shape index (κ2) is 10.8. The summed E-state index contributed by atoms with van der Waals surface area (Å²) >= 11 is 6.60.